The molecule has 0 spiro atoms. The number of benzene rings is 2. The van der Waals surface area contributed by atoms with E-state index in [1.165, 1.54) is 11.3 Å². The van der Waals surface area contributed by atoms with Crippen LogP contribution in [0.5, 0.6) is 5.75 Å². The Bertz CT molecular complexity index is 1340. The number of nitrogens with zero attached hydrogens (tertiary/aromatic N) is 2. The minimum atomic E-state index is -2.66. The van der Waals surface area contributed by atoms with Gasteiger partial charge in [-0.3, -0.25) is 4.79 Å². The van der Waals surface area contributed by atoms with E-state index in [0.29, 0.717) is 23.9 Å². The predicted molar refractivity (Wildman–Crippen MR) is 154 cm³/mol. The number of carbonyl (C=O) groups is 1. The van der Waals surface area contributed by atoms with Crippen molar-refractivity contribution in [2.75, 3.05) is 25.4 Å². The van der Waals surface area contributed by atoms with E-state index in [1.54, 1.807) is 11.8 Å². The first-order valence-corrected chi connectivity index (χ1v) is 15.6. The average Bonchev–Trinajstić information content (AvgIpc) is 3.19. The molecule has 0 saturated carbocycles. The second-order valence-electron chi connectivity index (χ2n) is 8.37. The van der Waals surface area contributed by atoms with Crippen LogP contribution in [0.15, 0.2) is 50.7 Å². The number of halogens is 1. The summed E-state index contributed by atoms with van der Waals surface area (Å²) in [5.74, 6) is 0.495. The van der Waals surface area contributed by atoms with Crippen LogP contribution in [0.3, 0.4) is 0 Å². The van der Waals surface area contributed by atoms with Crippen molar-refractivity contribution in [2.45, 2.75) is 49.1 Å². The Morgan fingerprint density at radius 1 is 1.19 bits per heavy atom. The first-order chi connectivity index (χ1) is 17.2. The number of carbonyl (C=O) groups excluding carboxylic acids is 1. The predicted octanol–water partition coefficient (Wildman–Crippen LogP) is 6.37. The molecule has 0 aliphatic rings. The Morgan fingerprint density at radius 3 is 2.67 bits per heavy atom. The number of amides is 1. The van der Waals surface area contributed by atoms with E-state index in [1.807, 2.05) is 47.6 Å². The molecule has 0 N–H and O–H groups in total. The number of aryl methyl sites for hydroxylation is 2. The van der Waals surface area contributed by atoms with Crippen molar-refractivity contribution in [1.82, 2.24) is 4.31 Å². The second kappa shape index (κ2) is 13.2. The third kappa shape index (κ3) is 6.98. The third-order valence-electron chi connectivity index (χ3n) is 5.65. The van der Waals surface area contributed by atoms with Gasteiger partial charge in [-0.05, 0) is 0 Å². The zero-order valence-corrected chi connectivity index (χ0v) is 24.0. The number of rotatable bonds is 13. The van der Waals surface area contributed by atoms with Gasteiger partial charge in [0.2, 0.25) is 0 Å². The maximum absolute atomic E-state index is 14.0. The van der Waals surface area contributed by atoms with Crippen molar-refractivity contribution in [3.63, 3.8) is 0 Å². The summed E-state index contributed by atoms with van der Waals surface area (Å²) in [6.07, 6.45) is 2.57. The third-order valence-corrected chi connectivity index (χ3v) is 11.0. The van der Waals surface area contributed by atoms with Gasteiger partial charge in [-0.1, -0.05) is 0 Å². The van der Waals surface area contributed by atoms with E-state index >= 15 is 0 Å². The Hall–Kier alpha value is -1.72. The number of ether oxygens (including phenoxy) is 1. The van der Waals surface area contributed by atoms with Crippen LogP contribution in [0, 0.1) is 11.8 Å². The van der Waals surface area contributed by atoms with E-state index in [9.17, 15) is 13.9 Å². The number of hydrogen-bond acceptors (Lipinski definition) is 6. The van der Waals surface area contributed by atoms with Crippen molar-refractivity contribution in [3.8, 4) is 5.75 Å². The fourth-order valence-electron chi connectivity index (χ4n) is 3.93. The first kappa shape index (κ1) is 28.9. The number of hydrogen-bond donors (Lipinski definition) is 0. The minimum absolute atomic E-state index is 0.361. The molecule has 1 heterocycles. The van der Waals surface area contributed by atoms with Crippen LogP contribution in [0.2, 0.25) is 5.02 Å². The van der Waals surface area contributed by atoms with E-state index < -0.39 is 15.5 Å². The average molecular weight is 565 g/mol. The fourth-order valence-corrected chi connectivity index (χ4v) is 8.87. The molecular formula is C25H30BClN2O4S3. The molecule has 0 radical (unpaired) electrons. The van der Waals surface area contributed by atoms with E-state index in [4.69, 9.17) is 16.3 Å². The van der Waals surface area contributed by atoms with Crippen molar-refractivity contribution >= 4 is 67.0 Å². The molecule has 2 aromatic carbocycles. The molecule has 3 rings (SSSR count). The molecule has 192 valence electrons. The first-order valence-electron chi connectivity index (χ1n) is 11.8. The van der Waals surface area contributed by atoms with Crippen molar-refractivity contribution in [2.24, 2.45) is 5.18 Å². The summed E-state index contributed by atoms with van der Waals surface area (Å²) in [6, 6.07) is 11.6. The van der Waals surface area contributed by atoms with Crippen LogP contribution in [0.4, 0.5) is 0 Å². The Balaban J connectivity index is 1.74. The zero-order valence-electron chi connectivity index (χ0n) is 20.8. The molecule has 0 saturated heterocycles. The molecule has 6 nitrogen and oxygen atoms in total. The van der Waals surface area contributed by atoms with Gasteiger partial charge < -0.3 is 0 Å². The molecule has 0 aliphatic heterocycles. The van der Waals surface area contributed by atoms with Crippen molar-refractivity contribution in [1.29, 1.82) is 0 Å². The van der Waals surface area contributed by atoms with Gasteiger partial charge >= 0.3 is 213 Å². The van der Waals surface area contributed by atoms with E-state index in [0.717, 1.165) is 55.3 Å². The van der Waals surface area contributed by atoms with Crippen molar-refractivity contribution < 1.29 is 13.7 Å². The van der Waals surface area contributed by atoms with Gasteiger partial charge in [-0.15, -0.1) is 4.91 Å². The van der Waals surface area contributed by atoms with Gasteiger partial charge in [0.1, 0.15) is 0 Å². The summed E-state index contributed by atoms with van der Waals surface area (Å²) in [5, 5.41) is 4.07. The van der Waals surface area contributed by atoms with E-state index in [2.05, 4.69) is 25.7 Å². The second-order valence-corrected chi connectivity index (χ2v) is 13.5. The Labute approximate surface area is 227 Å². The van der Waals surface area contributed by atoms with Crippen LogP contribution < -0.4 is 4.74 Å². The topological polar surface area (TPSA) is 76.0 Å². The molecule has 0 aliphatic carbocycles. The van der Waals surface area contributed by atoms with Gasteiger partial charge in [0, 0.05) is 5.18 Å². The molecule has 3 aromatic rings. The molecular weight excluding hydrogens is 535 g/mol. The molecule has 11 heteroatoms. The van der Waals surface area contributed by atoms with Gasteiger partial charge in [-0.25, -0.2) is 0 Å². The number of fused-ring (bicyclic) bond motifs is 1. The summed E-state index contributed by atoms with van der Waals surface area (Å²) in [7, 11) is -2.66. The number of thioether (sulfide) groups is 1. The Kier molecular flexibility index (Phi) is 10.6. The van der Waals surface area contributed by atoms with Crippen LogP contribution in [0.25, 0.3) is 10.1 Å². The van der Waals surface area contributed by atoms with Crippen LogP contribution in [0.1, 0.15) is 37.8 Å². The SMILES string of the molecule is B=S(=O)(c1sc2ccc(Cl)cc2c1C)N(CCC)CCSc1ccc(OCC(=O)N=O)c(CCC)c1. The number of thiophene rings is 1. The van der Waals surface area contributed by atoms with Crippen LogP contribution >= 0.6 is 34.7 Å². The summed E-state index contributed by atoms with van der Waals surface area (Å²) >= 11 is 9.40. The van der Waals surface area contributed by atoms with Crippen molar-refractivity contribution in [3.05, 3.63) is 57.5 Å². The molecule has 1 aromatic heterocycles. The molecule has 0 bridgehead atoms. The molecule has 1 atom stereocenters. The summed E-state index contributed by atoms with van der Waals surface area (Å²) in [4.78, 5) is 22.6. The molecule has 0 fully saturated rings. The summed E-state index contributed by atoms with van der Waals surface area (Å²) in [5.41, 5.74) is 1.96. The monoisotopic (exact) mass is 564 g/mol. The van der Waals surface area contributed by atoms with Gasteiger partial charge in [0.05, 0.1) is 0 Å². The van der Waals surface area contributed by atoms with Gasteiger partial charge in [-0.2, -0.15) is 0 Å². The standard InChI is InChI=1S/C25H30BClN2O4S3/c1-4-6-18-14-20(8-9-22(18)33-16-24(30)28-31)34-13-12-29(11-5-2)36(26,32)25-17(3)21-15-19(27)7-10-23(21)35-25/h7-10,14-15,26H,4-6,11-13,16H2,1-3H3. The van der Waals surface area contributed by atoms with Crippen LogP contribution in [-0.2, 0) is 20.8 Å². The van der Waals surface area contributed by atoms with Crippen LogP contribution in [-0.4, -0.2) is 46.6 Å². The summed E-state index contributed by atoms with van der Waals surface area (Å²) in [6.45, 7) is 11.3. The Morgan fingerprint density at radius 2 is 1.97 bits per heavy atom. The molecule has 36 heavy (non-hydrogen) atoms. The zero-order chi connectivity index (χ0) is 26.3. The normalized spacial score (nSPS) is 13.1. The number of nitroso groups, excluding NO2 is 1. The van der Waals surface area contributed by atoms with Gasteiger partial charge in [0.25, 0.3) is 0 Å². The molecule has 1 amide bonds. The quantitative estimate of drug-likeness (QED) is 0.137. The fraction of sp³-hybridized carbons (Fsp3) is 0.400. The van der Waals surface area contributed by atoms with E-state index in [-0.39, 0.29) is 6.61 Å². The maximum atomic E-state index is 14.0. The summed E-state index contributed by atoms with van der Waals surface area (Å²) < 4.78 is 23.4. The van der Waals surface area contributed by atoms with Gasteiger partial charge in [0.15, 0.2) is 0 Å². The molecule has 1 unspecified atom stereocenters.